The highest BCUT2D eigenvalue weighted by atomic mass is 19.1. The van der Waals surface area contributed by atoms with Crippen molar-refractivity contribution in [3.8, 4) is 5.69 Å². The molecule has 2 atom stereocenters. The maximum Gasteiger partial charge on any atom is 0.320 e. The molecule has 0 aliphatic carbocycles. The minimum atomic E-state index is -0.341. The number of nitrogens with one attached hydrogen (secondary N) is 2. The summed E-state index contributed by atoms with van der Waals surface area (Å²) in [5.41, 5.74) is 3.32. The summed E-state index contributed by atoms with van der Waals surface area (Å²) in [5, 5.41) is 20.2. The number of likely N-dealkylation sites (tertiary alicyclic amines) is 1. The second-order valence-electron chi connectivity index (χ2n) is 8.76. The van der Waals surface area contributed by atoms with Gasteiger partial charge in [-0.05, 0) is 36.8 Å². The lowest BCUT2D eigenvalue weighted by atomic mass is 9.94. The maximum absolute atomic E-state index is 13.5. The number of carbonyl (C=O) groups is 1. The summed E-state index contributed by atoms with van der Waals surface area (Å²) < 4.78 is 20.4. The van der Waals surface area contributed by atoms with Crippen LogP contribution in [0.3, 0.4) is 0 Å². The number of para-hydroxylation sites is 1. The third-order valence-electron chi connectivity index (χ3n) is 6.42. The first-order chi connectivity index (χ1) is 17.0. The molecule has 8 nitrogen and oxygen atoms in total. The molecule has 2 heterocycles. The molecule has 2 aromatic carbocycles. The van der Waals surface area contributed by atoms with Gasteiger partial charge in [0.25, 0.3) is 0 Å². The van der Waals surface area contributed by atoms with Crippen LogP contribution >= 0.6 is 0 Å². The number of benzene rings is 2. The minimum absolute atomic E-state index is 0.0169. The Kier molecular flexibility index (Phi) is 8.12. The SMILES string of the molecule is COCCN1CC(NC(=O)Nc2c(C)c(CCO)nn2-c2ccccc2)C(c2ccc(F)cc2)C1. The molecule has 35 heavy (non-hydrogen) atoms. The van der Waals surface area contributed by atoms with Crippen molar-refractivity contribution >= 4 is 11.8 Å². The Balaban J connectivity index is 1.55. The van der Waals surface area contributed by atoms with Crippen molar-refractivity contribution in [3.05, 3.63) is 77.2 Å². The molecule has 1 fully saturated rings. The number of anilines is 1. The van der Waals surface area contributed by atoms with Crippen LogP contribution in [0.15, 0.2) is 54.6 Å². The van der Waals surface area contributed by atoms with Gasteiger partial charge in [0.15, 0.2) is 0 Å². The molecule has 9 heteroatoms. The molecule has 0 spiro atoms. The Morgan fingerprint density at radius 3 is 2.60 bits per heavy atom. The van der Waals surface area contributed by atoms with Crippen LogP contribution in [0.5, 0.6) is 0 Å². The number of hydrogen-bond acceptors (Lipinski definition) is 5. The number of hydrogen-bond donors (Lipinski definition) is 3. The summed E-state index contributed by atoms with van der Waals surface area (Å²) in [6, 6.07) is 15.5. The van der Waals surface area contributed by atoms with E-state index in [2.05, 4.69) is 20.6 Å². The van der Waals surface area contributed by atoms with Crippen molar-refractivity contribution < 1.29 is 19.0 Å². The van der Waals surface area contributed by atoms with Crippen LogP contribution in [0.25, 0.3) is 5.69 Å². The molecule has 0 saturated carbocycles. The number of aliphatic hydroxyl groups is 1. The van der Waals surface area contributed by atoms with E-state index < -0.39 is 0 Å². The molecule has 2 amide bonds. The van der Waals surface area contributed by atoms with Crippen molar-refractivity contribution in [1.82, 2.24) is 20.0 Å². The van der Waals surface area contributed by atoms with Gasteiger partial charge in [-0.1, -0.05) is 30.3 Å². The molecule has 0 radical (unpaired) electrons. The summed E-state index contributed by atoms with van der Waals surface area (Å²) in [5.74, 6) is 0.293. The number of carbonyl (C=O) groups excluding carboxylic acids is 1. The van der Waals surface area contributed by atoms with Gasteiger partial charge in [0.2, 0.25) is 0 Å². The van der Waals surface area contributed by atoms with Crippen molar-refractivity contribution in [2.45, 2.75) is 25.3 Å². The fraction of sp³-hybridized carbons (Fsp3) is 0.385. The van der Waals surface area contributed by atoms with Crippen molar-refractivity contribution in [3.63, 3.8) is 0 Å². The highest BCUT2D eigenvalue weighted by Crippen LogP contribution is 2.29. The van der Waals surface area contributed by atoms with Crippen molar-refractivity contribution in [2.75, 3.05) is 45.3 Å². The predicted octanol–water partition coefficient (Wildman–Crippen LogP) is 3.09. The molecule has 1 aliphatic heterocycles. The Hall–Kier alpha value is -3.27. The lowest BCUT2D eigenvalue weighted by molar-refractivity contribution is 0.159. The molecule has 4 rings (SSSR count). The lowest BCUT2D eigenvalue weighted by Crippen LogP contribution is -2.42. The number of ether oxygens (including phenoxy) is 1. The topological polar surface area (TPSA) is 91.7 Å². The van der Waals surface area contributed by atoms with Gasteiger partial charge in [-0.3, -0.25) is 10.2 Å². The monoisotopic (exact) mass is 481 g/mol. The third-order valence-corrected chi connectivity index (χ3v) is 6.42. The number of urea groups is 1. The molecule has 186 valence electrons. The smallest absolute Gasteiger partial charge is 0.320 e. The molecule has 3 aromatic rings. The molecular formula is C26H32FN5O3. The van der Waals surface area contributed by atoms with Crippen molar-refractivity contribution in [2.24, 2.45) is 0 Å². The molecule has 3 N–H and O–H groups in total. The Morgan fingerprint density at radius 1 is 1.17 bits per heavy atom. The van der Waals surface area contributed by atoms with E-state index in [9.17, 15) is 14.3 Å². The fourth-order valence-corrected chi connectivity index (χ4v) is 4.58. The van der Waals surface area contributed by atoms with E-state index in [0.29, 0.717) is 25.4 Å². The summed E-state index contributed by atoms with van der Waals surface area (Å²) >= 11 is 0. The lowest BCUT2D eigenvalue weighted by Gasteiger charge is -2.21. The molecule has 1 aliphatic rings. The summed E-state index contributed by atoms with van der Waals surface area (Å²) in [4.78, 5) is 15.4. The zero-order valence-corrected chi connectivity index (χ0v) is 20.1. The second-order valence-corrected chi connectivity index (χ2v) is 8.76. The average Bonchev–Trinajstić information content (AvgIpc) is 3.40. The van der Waals surface area contributed by atoms with Gasteiger partial charge in [0.1, 0.15) is 11.6 Å². The van der Waals surface area contributed by atoms with Crippen LogP contribution in [0, 0.1) is 12.7 Å². The van der Waals surface area contributed by atoms with Gasteiger partial charge < -0.3 is 15.2 Å². The molecule has 1 aromatic heterocycles. The predicted molar refractivity (Wildman–Crippen MR) is 132 cm³/mol. The van der Waals surface area contributed by atoms with Crippen LogP contribution in [0.1, 0.15) is 22.7 Å². The van der Waals surface area contributed by atoms with Gasteiger partial charge in [0.05, 0.1) is 24.0 Å². The summed E-state index contributed by atoms with van der Waals surface area (Å²) in [6.45, 7) is 4.59. The van der Waals surface area contributed by atoms with Crippen LogP contribution in [-0.4, -0.2) is 71.8 Å². The van der Waals surface area contributed by atoms with E-state index in [4.69, 9.17) is 4.74 Å². The minimum Gasteiger partial charge on any atom is -0.396 e. The van der Waals surface area contributed by atoms with Crippen LogP contribution in [0.4, 0.5) is 15.0 Å². The van der Waals surface area contributed by atoms with E-state index in [1.54, 1.807) is 23.9 Å². The van der Waals surface area contributed by atoms with E-state index in [1.165, 1.54) is 12.1 Å². The largest absolute Gasteiger partial charge is 0.396 e. The van der Waals surface area contributed by atoms with Gasteiger partial charge in [-0.15, -0.1) is 0 Å². The van der Waals surface area contributed by atoms with Gasteiger partial charge >= 0.3 is 6.03 Å². The number of amides is 2. The van der Waals surface area contributed by atoms with E-state index >= 15 is 0 Å². The number of methoxy groups -OCH3 is 1. The van der Waals surface area contributed by atoms with Gasteiger partial charge in [-0.2, -0.15) is 5.10 Å². The summed E-state index contributed by atoms with van der Waals surface area (Å²) in [7, 11) is 1.67. The molecular weight excluding hydrogens is 449 g/mol. The highest BCUT2D eigenvalue weighted by molar-refractivity contribution is 5.90. The molecule has 2 unspecified atom stereocenters. The van der Waals surface area contributed by atoms with E-state index in [-0.39, 0.29) is 30.4 Å². The third kappa shape index (κ3) is 5.87. The Labute approximate surface area is 204 Å². The van der Waals surface area contributed by atoms with E-state index in [0.717, 1.165) is 35.6 Å². The summed E-state index contributed by atoms with van der Waals surface area (Å²) in [6.07, 6.45) is 0.395. The maximum atomic E-state index is 13.5. The number of nitrogens with zero attached hydrogens (tertiary/aromatic N) is 3. The van der Waals surface area contributed by atoms with Crippen LogP contribution < -0.4 is 10.6 Å². The molecule has 1 saturated heterocycles. The second kappa shape index (κ2) is 11.4. The normalized spacial score (nSPS) is 18.1. The van der Waals surface area contributed by atoms with Gasteiger partial charge in [-0.25, -0.2) is 13.9 Å². The van der Waals surface area contributed by atoms with Crippen molar-refractivity contribution in [1.29, 1.82) is 0 Å². The Morgan fingerprint density at radius 2 is 1.91 bits per heavy atom. The van der Waals surface area contributed by atoms with Gasteiger partial charge in [0, 0.05) is 51.3 Å². The Bertz CT molecular complexity index is 1120. The highest BCUT2D eigenvalue weighted by Gasteiger charge is 2.35. The molecule has 0 bridgehead atoms. The first-order valence-corrected chi connectivity index (χ1v) is 11.8. The number of rotatable bonds is 9. The average molecular weight is 482 g/mol. The quantitative estimate of drug-likeness (QED) is 0.437. The first kappa shape index (κ1) is 24.8. The van der Waals surface area contributed by atoms with Crippen LogP contribution in [0.2, 0.25) is 0 Å². The number of halogens is 1. The number of aliphatic hydroxyl groups excluding tert-OH is 1. The standard InChI is InChI=1S/C26H32FN5O3/c1-18-23(12-14-33)30-32(21-6-4-3-5-7-21)25(18)29-26(34)28-24-17-31(13-15-35-2)16-22(24)19-8-10-20(27)11-9-19/h3-11,22,24,33H,12-17H2,1-2H3,(H2,28,29,34). The van der Waals surface area contributed by atoms with E-state index in [1.807, 2.05) is 37.3 Å². The van der Waals surface area contributed by atoms with Crippen LogP contribution in [-0.2, 0) is 11.2 Å². The zero-order chi connectivity index (χ0) is 24.8. The number of aromatic nitrogens is 2. The first-order valence-electron chi connectivity index (χ1n) is 11.8. The zero-order valence-electron chi connectivity index (χ0n) is 20.1. The fourth-order valence-electron chi connectivity index (χ4n) is 4.58.